The lowest BCUT2D eigenvalue weighted by atomic mass is 9.92. The molecule has 0 aliphatic carbocycles. The van der Waals surface area contributed by atoms with E-state index in [0.717, 1.165) is 48.3 Å². The average molecular weight is 591 g/mol. The van der Waals surface area contributed by atoms with Gasteiger partial charge in [-0.15, -0.1) is 20.4 Å². The highest BCUT2D eigenvalue weighted by Crippen LogP contribution is 2.41. The molecule has 0 bridgehead atoms. The molecule has 1 aliphatic heterocycles. The van der Waals surface area contributed by atoms with Crippen LogP contribution in [0.2, 0.25) is 0 Å². The van der Waals surface area contributed by atoms with Crippen LogP contribution in [-0.4, -0.2) is 55.2 Å². The van der Waals surface area contributed by atoms with Gasteiger partial charge in [-0.05, 0) is 56.7 Å². The number of anilines is 2. The number of esters is 1. The number of azo groups is 1. The minimum Gasteiger partial charge on any atom is -0.460 e. The third-order valence-corrected chi connectivity index (χ3v) is 8.33. The maximum atomic E-state index is 13.0. The van der Waals surface area contributed by atoms with Crippen LogP contribution >= 0.6 is 11.3 Å². The molecule has 1 aliphatic rings. The fourth-order valence-electron chi connectivity index (χ4n) is 4.43. The maximum Gasteiger partial charge on any atom is 0.404 e. The van der Waals surface area contributed by atoms with Gasteiger partial charge in [-0.2, -0.15) is 13.2 Å². The number of nitrogens with zero attached hydrogens (tertiary/aromatic N) is 5. The standard InChI is InChI=1S/C24H33F3N6O4S2/c1-5-8-11-37-22(34)21-29-31-23(38-21)30-28-18-12-16-10-9-15(4)33(17(6-2)7-3)20(16)13-19(18)32-39(35,36)14-24(25,26)27/h12-13,15,17,32H,5-11,14H2,1-4H3. The lowest BCUT2D eigenvalue weighted by Crippen LogP contribution is -2.44. The molecule has 0 saturated heterocycles. The second kappa shape index (κ2) is 13.0. The Bertz CT molecular complexity index is 1280. The van der Waals surface area contributed by atoms with Crippen molar-refractivity contribution in [1.29, 1.82) is 0 Å². The number of benzene rings is 1. The summed E-state index contributed by atoms with van der Waals surface area (Å²) in [5, 5.41) is 15.6. The zero-order valence-electron chi connectivity index (χ0n) is 22.3. The Morgan fingerprint density at radius 3 is 2.59 bits per heavy atom. The second-order valence-electron chi connectivity index (χ2n) is 9.32. The van der Waals surface area contributed by atoms with E-state index < -0.39 is 27.9 Å². The monoisotopic (exact) mass is 590 g/mol. The van der Waals surface area contributed by atoms with Crippen LogP contribution in [0.15, 0.2) is 22.4 Å². The Hall–Kier alpha value is -2.81. The average Bonchev–Trinajstić information content (AvgIpc) is 3.32. The van der Waals surface area contributed by atoms with Crippen molar-refractivity contribution in [3.63, 3.8) is 0 Å². The summed E-state index contributed by atoms with van der Waals surface area (Å²) in [5.74, 6) is -2.69. The number of nitrogens with one attached hydrogen (secondary N) is 1. The Labute approximate surface area is 230 Å². The minimum absolute atomic E-state index is 0.00606. The molecule has 3 rings (SSSR count). The van der Waals surface area contributed by atoms with Crippen molar-refractivity contribution in [3.05, 3.63) is 22.7 Å². The van der Waals surface area contributed by atoms with Crippen molar-refractivity contribution >= 4 is 49.5 Å². The number of hydrogen-bond donors (Lipinski definition) is 1. The first-order chi connectivity index (χ1) is 18.4. The molecular weight excluding hydrogens is 557 g/mol. The fraction of sp³-hybridized carbons (Fsp3) is 0.625. The topological polar surface area (TPSA) is 126 Å². The summed E-state index contributed by atoms with van der Waals surface area (Å²) >= 11 is 0.832. The molecular formula is C24H33F3N6O4S2. The lowest BCUT2D eigenvalue weighted by molar-refractivity contribution is -0.106. The van der Waals surface area contributed by atoms with Gasteiger partial charge in [-0.1, -0.05) is 38.5 Å². The van der Waals surface area contributed by atoms with Gasteiger partial charge in [-0.25, -0.2) is 13.2 Å². The SMILES string of the molecule is CCCCOC(=O)c1nnc(N=Nc2cc3c(cc2NS(=O)(=O)CC(F)(F)F)N(C(CC)CC)C(C)CC3)s1. The minimum atomic E-state index is -4.92. The van der Waals surface area contributed by atoms with E-state index in [1.165, 1.54) is 6.07 Å². The molecule has 0 fully saturated rings. The largest absolute Gasteiger partial charge is 0.460 e. The van der Waals surface area contributed by atoms with Crippen LogP contribution in [-0.2, 0) is 21.2 Å². The zero-order chi connectivity index (χ0) is 28.8. The molecule has 1 aromatic carbocycles. The number of aryl methyl sites for hydroxylation is 1. The van der Waals surface area contributed by atoms with E-state index in [1.807, 2.05) is 6.92 Å². The van der Waals surface area contributed by atoms with Crippen molar-refractivity contribution in [2.45, 2.75) is 84.5 Å². The summed E-state index contributed by atoms with van der Waals surface area (Å²) < 4.78 is 70.8. The summed E-state index contributed by atoms with van der Waals surface area (Å²) in [5.41, 5.74) is 1.53. The van der Waals surface area contributed by atoms with Crippen LogP contribution in [0.3, 0.4) is 0 Å². The van der Waals surface area contributed by atoms with E-state index in [2.05, 4.69) is 50.8 Å². The summed E-state index contributed by atoms with van der Waals surface area (Å²) in [6.45, 7) is 8.39. The molecule has 1 N–H and O–H groups in total. The molecule has 0 radical (unpaired) electrons. The fourth-order valence-corrected chi connectivity index (χ4v) is 5.99. The summed E-state index contributed by atoms with van der Waals surface area (Å²) in [6, 6.07) is 3.49. The Balaban J connectivity index is 1.99. The molecule has 1 unspecified atom stereocenters. The van der Waals surface area contributed by atoms with Gasteiger partial charge >= 0.3 is 12.1 Å². The van der Waals surface area contributed by atoms with E-state index in [1.54, 1.807) is 6.07 Å². The van der Waals surface area contributed by atoms with E-state index >= 15 is 0 Å². The van der Waals surface area contributed by atoms with Crippen molar-refractivity contribution in [2.24, 2.45) is 10.2 Å². The van der Waals surface area contributed by atoms with Crippen molar-refractivity contribution in [3.8, 4) is 0 Å². The van der Waals surface area contributed by atoms with Crippen molar-refractivity contribution < 1.29 is 31.1 Å². The molecule has 15 heteroatoms. The van der Waals surface area contributed by atoms with Crippen LogP contribution in [0.5, 0.6) is 0 Å². The number of sulfonamides is 1. The third-order valence-electron chi connectivity index (χ3n) is 6.30. The third kappa shape index (κ3) is 8.34. The summed E-state index contributed by atoms with van der Waals surface area (Å²) in [6.07, 6.45) is -0.152. The van der Waals surface area contributed by atoms with Gasteiger partial charge in [-0.3, -0.25) is 4.72 Å². The van der Waals surface area contributed by atoms with Crippen LogP contribution in [0.25, 0.3) is 0 Å². The number of rotatable bonds is 12. The molecule has 39 heavy (non-hydrogen) atoms. The van der Waals surface area contributed by atoms with Crippen LogP contribution < -0.4 is 9.62 Å². The first-order valence-electron chi connectivity index (χ1n) is 12.8. The highest BCUT2D eigenvalue weighted by molar-refractivity contribution is 7.92. The van der Waals surface area contributed by atoms with Gasteiger partial charge in [0.1, 0.15) is 5.69 Å². The van der Waals surface area contributed by atoms with Crippen molar-refractivity contribution in [2.75, 3.05) is 22.0 Å². The van der Waals surface area contributed by atoms with Gasteiger partial charge in [0.15, 0.2) is 5.75 Å². The van der Waals surface area contributed by atoms with E-state index in [-0.39, 0.29) is 40.2 Å². The Morgan fingerprint density at radius 2 is 1.95 bits per heavy atom. The summed E-state index contributed by atoms with van der Waals surface area (Å²) in [4.78, 5) is 14.3. The molecule has 2 heterocycles. The predicted molar refractivity (Wildman–Crippen MR) is 144 cm³/mol. The van der Waals surface area contributed by atoms with Gasteiger partial charge in [0.25, 0.3) is 5.13 Å². The molecule has 0 saturated carbocycles. The van der Waals surface area contributed by atoms with E-state index in [0.29, 0.717) is 12.8 Å². The first kappa shape index (κ1) is 30.7. The van der Waals surface area contributed by atoms with Crippen LogP contribution in [0.4, 0.5) is 35.4 Å². The smallest absolute Gasteiger partial charge is 0.404 e. The highest BCUT2D eigenvalue weighted by Gasteiger charge is 2.36. The normalized spacial score (nSPS) is 16.1. The highest BCUT2D eigenvalue weighted by atomic mass is 32.2. The second-order valence-corrected chi connectivity index (χ2v) is 12.0. The lowest BCUT2D eigenvalue weighted by Gasteiger charge is -2.42. The van der Waals surface area contributed by atoms with Gasteiger partial charge in [0.05, 0.1) is 12.3 Å². The van der Waals surface area contributed by atoms with E-state index in [4.69, 9.17) is 4.74 Å². The molecule has 2 aromatic rings. The maximum absolute atomic E-state index is 13.0. The van der Waals surface area contributed by atoms with Crippen LogP contribution in [0.1, 0.15) is 75.2 Å². The molecule has 10 nitrogen and oxygen atoms in total. The van der Waals surface area contributed by atoms with Gasteiger partial charge in [0, 0.05) is 17.8 Å². The number of fused-ring (bicyclic) bond motifs is 1. The van der Waals surface area contributed by atoms with Crippen LogP contribution in [0, 0.1) is 0 Å². The summed E-state index contributed by atoms with van der Waals surface area (Å²) in [7, 11) is -4.79. The molecule has 0 amide bonds. The Morgan fingerprint density at radius 1 is 1.23 bits per heavy atom. The number of aromatic nitrogens is 2. The molecule has 1 aromatic heterocycles. The van der Waals surface area contributed by atoms with Crippen molar-refractivity contribution in [1.82, 2.24) is 10.2 Å². The zero-order valence-corrected chi connectivity index (χ0v) is 23.9. The number of ether oxygens (including phenoxy) is 1. The predicted octanol–water partition coefficient (Wildman–Crippen LogP) is 6.54. The van der Waals surface area contributed by atoms with Gasteiger partial charge < -0.3 is 9.64 Å². The Kier molecular flexibility index (Phi) is 10.3. The number of unbranched alkanes of at least 4 members (excludes halogenated alkanes) is 1. The number of alkyl halides is 3. The number of carbonyl (C=O) groups is 1. The number of hydrogen-bond acceptors (Lipinski definition) is 10. The number of halogens is 3. The number of carbonyl (C=O) groups excluding carboxylic acids is 1. The molecule has 216 valence electrons. The first-order valence-corrected chi connectivity index (χ1v) is 15.3. The van der Waals surface area contributed by atoms with Gasteiger partial charge in [0.2, 0.25) is 15.0 Å². The van der Waals surface area contributed by atoms with E-state index in [9.17, 15) is 26.4 Å². The quantitative estimate of drug-likeness (QED) is 0.169. The molecule has 0 spiro atoms. The molecule has 1 atom stereocenters.